The smallest absolute Gasteiger partial charge is 0.170 e. The Balaban J connectivity index is 0. The van der Waals surface area contributed by atoms with Gasteiger partial charge in [0.05, 0.1) is 0 Å². The molecule has 0 N–H and O–H groups in total. The molecule has 0 aliphatic carbocycles. The molecule has 0 unspecified atom stereocenters. The summed E-state index contributed by atoms with van der Waals surface area (Å²) in [5, 5.41) is 0. The van der Waals surface area contributed by atoms with Crippen LogP contribution in [0.15, 0.2) is 0 Å². The van der Waals surface area contributed by atoms with Gasteiger partial charge in [-0.25, -0.2) is 0 Å². The van der Waals surface area contributed by atoms with Crippen LogP contribution in [0, 0.1) is 0 Å². The van der Waals surface area contributed by atoms with Crippen molar-refractivity contribution in [3.63, 3.8) is 0 Å². The first-order valence-electron chi connectivity index (χ1n) is 3.09. The molecule has 1 nitrogen and oxygen atoms in total. The molecule has 0 saturated heterocycles. The van der Waals surface area contributed by atoms with Crippen molar-refractivity contribution in [2.75, 3.05) is 0 Å². The molecule has 0 bridgehead atoms. The molecule has 0 aromatic rings. The molecule has 9 heavy (non-hydrogen) atoms. The molecule has 0 fully saturated rings. The van der Waals surface area contributed by atoms with E-state index >= 15 is 0 Å². The van der Waals surface area contributed by atoms with Gasteiger partial charge in [0.2, 0.25) is 0 Å². The minimum Gasteiger partial charge on any atom is -0.458 e. The summed E-state index contributed by atoms with van der Waals surface area (Å²) in [7, 11) is -1.89. The quantitative estimate of drug-likeness (QED) is 0.579. The van der Waals surface area contributed by atoms with Crippen LogP contribution < -0.4 is 0 Å². The highest BCUT2D eigenvalue weighted by molar-refractivity contribution is 6.76. The summed E-state index contributed by atoms with van der Waals surface area (Å²) < 4.78 is 5.72. The van der Waals surface area contributed by atoms with Crippen molar-refractivity contribution in [3.8, 4) is 0 Å². The van der Waals surface area contributed by atoms with E-state index in [4.69, 9.17) is 4.12 Å². The van der Waals surface area contributed by atoms with Gasteiger partial charge in [0.15, 0.2) is 17.4 Å². The molecule has 0 heterocycles. The zero-order chi connectivity index (χ0) is 6.78. The van der Waals surface area contributed by atoms with Crippen LogP contribution in [0.5, 0.6) is 0 Å². The summed E-state index contributed by atoms with van der Waals surface area (Å²) in [6.07, 6.45) is 0. The van der Waals surface area contributed by atoms with Crippen LogP contribution >= 0.6 is 0 Å². The highest BCUT2D eigenvalue weighted by Gasteiger charge is 2.14. The van der Waals surface area contributed by atoms with Crippen molar-refractivity contribution in [2.45, 2.75) is 32.7 Å². The average molecular weight is 176 g/mol. The third kappa shape index (κ3) is 12.0. The standard InChI is InChI=1S/C5H16OSi2.Si/c1-7(2)6-8(3,4)5;/h7H,1-5H3;. The first-order chi connectivity index (χ1) is 3.42. The van der Waals surface area contributed by atoms with Crippen LogP contribution in [0.4, 0.5) is 0 Å². The molecule has 0 aliphatic heterocycles. The van der Waals surface area contributed by atoms with E-state index in [0.29, 0.717) is 0 Å². The van der Waals surface area contributed by atoms with Crippen molar-refractivity contribution in [3.05, 3.63) is 0 Å². The highest BCUT2D eigenvalue weighted by atomic mass is 28.4. The van der Waals surface area contributed by atoms with Gasteiger partial charge >= 0.3 is 0 Å². The summed E-state index contributed by atoms with van der Waals surface area (Å²) in [6, 6.07) is 0. The highest BCUT2D eigenvalue weighted by Crippen LogP contribution is 2.03. The van der Waals surface area contributed by atoms with E-state index in [1.54, 1.807) is 0 Å². The van der Waals surface area contributed by atoms with Crippen LogP contribution in [0.2, 0.25) is 32.7 Å². The van der Waals surface area contributed by atoms with Gasteiger partial charge in [-0.1, -0.05) is 0 Å². The molecule has 0 saturated carbocycles. The first kappa shape index (κ1) is 12.3. The Morgan fingerprint density at radius 1 is 1.11 bits per heavy atom. The fourth-order valence-electron chi connectivity index (χ4n) is 0.707. The van der Waals surface area contributed by atoms with Gasteiger partial charge in [-0.05, 0) is 32.7 Å². The average Bonchev–Trinajstić information content (AvgIpc) is 1.21. The molecule has 0 aromatic carbocycles. The maximum Gasteiger partial charge on any atom is 0.170 e. The topological polar surface area (TPSA) is 9.23 Å². The van der Waals surface area contributed by atoms with E-state index in [1.807, 2.05) is 0 Å². The van der Waals surface area contributed by atoms with Gasteiger partial charge in [0, 0.05) is 11.0 Å². The second-order valence-electron chi connectivity index (χ2n) is 3.28. The van der Waals surface area contributed by atoms with Gasteiger partial charge in [-0.15, -0.1) is 0 Å². The van der Waals surface area contributed by atoms with E-state index in [0.717, 1.165) is 0 Å². The molecule has 54 valence electrons. The maximum atomic E-state index is 5.72. The monoisotopic (exact) mass is 176 g/mol. The van der Waals surface area contributed by atoms with Crippen LogP contribution in [0.25, 0.3) is 0 Å². The zero-order valence-electron chi connectivity index (χ0n) is 6.99. The van der Waals surface area contributed by atoms with Gasteiger partial charge in [-0.3, -0.25) is 0 Å². The van der Waals surface area contributed by atoms with Crippen LogP contribution in [0.3, 0.4) is 0 Å². The van der Waals surface area contributed by atoms with E-state index in [1.165, 1.54) is 0 Å². The fraction of sp³-hybridized carbons (Fsp3) is 1.00. The van der Waals surface area contributed by atoms with Gasteiger partial charge in [-0.2, -0.15) is 0 Å². The number of hydrogen-bond donors (Lipinski definition) is 0. The van der Waals surface area contributed by atoms with E-state index in [9.17, 15) is 0 Å². The fourth-order valence-corrected chi connectivity index (χ4v) is 6.36. The minimum atomic E-state index is -1.16. The normalized spacial score (nSPS) is 11.3. The summed E-state index contributed by atoms with van der Waals surface area (Å²) in [5.74, 6) is 0. The second-order valence-corrected chi connectivity index (χ2v) is 10.5. The lowest BCUT2D eigenvalue weighted by Gasteiger charge is -2.19. The van der Waals surface area contributed by atoms with Crippen molar-refractivity contribution >= 4 is 28.3 Å². The van der Waals surface area contributed by atoms with Crippen molar-refractivity contribution < 1.29 is 4.12 Å². The Kier molecular flexibility index (Phi) is 6.06. The summed E-state index contributed by atoms with van der Waals surface area (Å²) in [4.78, 5) is 0. The third-order valence-electron chi connectivity index (χ3n) is 0.589. The molecule has 0 rings (SSSR count). The van der Waals surface area contributed by atoms with Crippen molar-refractivity contribution in [1.82, 2.24) is 0 Å². The predicted molar refractivity (Wildman–Crippen MR) is 49.1 cm³/mol. The Morgan fingerprint density at radius 2 is 1.44 bits per heavy atom. The van der Waals surface area contributed by atoms with Crippen LogP contribution in [-0.2, 0) is 4.12 Å². The van der Waals surface area contributed by atoms with E-state index in [-0.39, 0.29) is 11.0 Å². The Labute approximate surface area is 65.7 Å². The minimum absolute atomic E-state index is 0. The van der Waals surface area contributed by atoms with Gasteiger partial charge < -0.3 is 4.12 Å². The SMILES string of the molecule is C[SiH](C)O[Si](C)(C)C.[Si]. The maximum absolute atomic E-state index is 5.72. The van der Waals surface area contributed by atoms with E-state index < -0.39 is 17.4 Å². The largest absolute Gasteiger partial charge is 0.458 e. The molecular formula is C5H16OSi3. The zero-order valence-corrected chi connectivity index (χ0v) is 10.1. The molecule has 4 radical (unpaired) electrons. The number of rotatable bonds is 2. The van der Waals surface area contributed by atoms with Gasteiger partial charge in [0.25, 0.3) is 0 Å². The Hall–Kier alpha value is 0.611. The summed E-state index contributed by atoms with van der Waals surface area (Å²) in [6.45, 7) is 11.1. The number of hydrogen-bond acceptors (Lipinski definition) is 1. The van der Waals surface area contributed by atoms with Crippen LogP contribution in [0.1, 0.15) is 0 Å². The van der Waals surface area contributed by atoms with Crippen molar-refractivity contribution in [2.24, 2.45) is 0 Å². The van der Waals surface area contributed by atoms with E-state index in [2.05, 4.69) is 32.7 Å². The lowest BCUT2D eigenvalue weighted by Crippen LogP contribution is -2.31. The second kappa shape index (κ2) is 4.43. The van der Waals surface area contributed by atoms with Gasteiger partial charge in [0.1, 0.15) is 0 Å². The lowest BCUT2D eigenvalue weighted by atomic mass is 11.8. The van der Waals surface area contributed by atoms with Crippen LogP contribution in [-0.4, -0.2) is 28.3 Å². The molecule has 0 aliphatic rings. The molecule has 0 spiro atoms. The Morgan fingerprint density at radius 3 is 1.44 bits per heavy atom. The summed E-state index contributed by atoms with van der Waals surface area (Å²) in [5.41, 5.74) is 0. The molecule has 0 aromatic heterocycles. The lowest BCUT2D eigenvalue weighted by molar-refractivity contribution is 0.583. The Bertz CT molecular complexity index is 67.1. The first-order valence-corrected chi connectivity index (χ1v) is 9.28. The molecular weight excluding hydrogens is 160 g/mol. The molecule has 0 atom stereocenters. The third-order valence-corrected chi connectivity index (χ3v) is 5.30. The molecule has 4 heteroatoms. The summed E-state index contributed by atoms with van der Waals surface area (Å²) >= 11 is 0. The molecule has 0 amide bonds. The van der Waals surface area contributed by atoms with Crippen molar-refractivity contribution in [1.29, 1.82) is 0 Å². The predicted octanol–water partition coefficient (Wildman–Crippen LogP) is 1.44.